The summed E-state index contributed by atoms with van der Waals surface area (Å²) in [5.41, 5.74) is -0.293. The van der Waals surface area contributed by atoms with Gasteiger partial charge in [0.15, 0.2) is 0 Å². The van der Waals surface area contributed by atoms with E-state index in [-0.39, 0.29) is 11.6 Å². The Kier molecular flexibility index (Phi) is 3.37. The summed E-state index contributed by atoms with van der Waals surface area (Å²) in [5.74, 6) is -0.817. The fourth-order valence-electron chi connectivity index (χ4n) is 1.10. The van der Waals surface area contributed by atoms with Gasteiger partial charge in [-0.2, -0.15) is 9.49 Å². The van der Waals surface area contributed by atoms with E-state index >= 15 is 0 Å². The summed E-state index contributed by atoms with van der Waals surface area (Å²) in [6.07, 6.45) is 0. The molecule has 0 unspecified atom stereocenters. The third-order valence-corrected chi connectivity index (χ3v) is 2.48. The maximum atomic E-state index is 13.8. The largest absolute Gasteiger partial charge is 0.320 e. The van der Waals surface area contributed by atoms with Crippen LogP contribution in [0.4, 0.5) is 10.1 Å². The van der Waals surface area contributed by atoms with E-state index in [0.29, 0.717) is 3.70 Å². The SMILES string of the molecule is CC(=O)Nc1c(I)nn(C(C)(C)C)c1F. The van der Waals surface area contributed by atoms with E-state index in [0.717, 1.165) is 0 Å². The number of carbonyl (C=O) groups is 1. The minimum atomic E-state index is -0.512. The van der Waals surface area contributed by atoms with E-state index in [2.05, 4.69) is 10.4 Å². The summed E-state index contributed by atoms with van der Waals surface area (Å²) in [7, 11) is 0. The van der Waals surface area contributed by atoms with Crippen molar-refractivity contribution in [3.05, 3.63) is 9.65 Å². The molecule has 0 aliphatic heterocycles. The number of rotatable bonds is 1. The molecule has 0 aliphatic rings. The normalized spacial score (nSPS) is 11.6. The van der Waals surface area contributed by atoms with Crippen LogP contribution in [0.25, 0.3) is 0 Å². The molecule has 0 radical (unpaired) electrons. The highest BCUT2D eigenvalue weighted by Crippen LogP contribution is 2.25. The van der Waals surface area contributed by atoms with E-state index in [1.54, 1.807) is 0 Å². The molecule has 1 heterocycles. The molecule has 1 N–H and O–H groups in total. The van der Waals surface area contributed by atoms with Gasteiger partial charge in [0.2, 0.25) is 11.9 Å². The third kappa shape index (κ3) is 2.67. The highest BCUT2D eigenvalue weighted by atomic mass is 127. The highest BCUT2D eigenvalue weighted by molar-refractivity contribution is 14.1. The van der Waals surface area contributed by atoms with Crippen LogP contribution in [0.2, 0.25) is 0 Å². The monoisotopic (exact) mass is 325 g/mol. The summed E-state index contributed by atoms with van der Waals surface area (Å²) in [6.45, 7) is 6.87. The second-order valence-corrected chi connectivity index (χ2v) is 5.24. The zero-order valence-corrected chi connectivity index (χ0v) is 11.2. The Balaban J connectivity index is 3.21. The highest BCUT2D eigenvalue weighted by Gasteiger charge is 2.24. The zero-order chi connectivity index (χ0) is 11.8. The number of carbonyl (C=O) groups excluding carboxylic acids is 1. The number of hydrogen-bond donors (Lipinski definition) is 1. The van der Waals surface area contributed by atoms with Crippen molar-refractivity contribution in [2.24, 2.45) is 0 Å². The Morgan fingerprint density at radius 1 is 1.53 bits per heavy atom. The molecule has 6 heteroatoms. The molecule has 1 amide bonds. The number of aromatic nitrogens is 2. The van der Waals surface area contributed by atoms with Crippen LogP contribution in [0.5, 0.6) is 0 Å². The van der Waals surface area contributed by atoms with Crippen molar-refractivity contribution in [2.75, 3.05) is 5.32 Å². The van der Waals surface area contributed by atoms with Gasteiger partial charge in [0.25, 0.3) is 0 Å². The Morgan fingerprint density at radius 3 is 2.40 bits per heavy atom. The van der Waals surface area contributed by atoms with Crippen molar-refractivity contribution in [3.63, 3.8) is 0 Å². The Hall–Kier alpha value is -0.660. The molecule has 4 nitrogen and oxygen atoms in total. The van der Waals surface area contributed by atoms with E-state index in [9.17, 15) is 9.18 Å². The van der Waals surface area contributed by atoms with Crippen molar-refractivity contribution in [2.45, 2.75) is 33.2 Å². The fraction of sp³-hybridized carbons (Fsp3) is 0.556. The predicted molar refractivity (Wildman–Crippen MR) is 64.2 cm³/mol. The maximum Gasteiger partial charge on any atom is 0.237 e. The van der Waals surface area contributed by atoms with Crippen molar-refractivity contribution in [1.82, 2.24) is 9.78 Å². The number of nitrogens with one attached hydrogen (secondary N) is 1. The quantitative estimate of drug-likeness (QED) is 0.806. The van der Waals surface area contributed by atoms with Gasteiger partial charge in [-0.25, -0.2) is 4.68 Å². The standard InChI is InChI=1S/C9H13FIN3O/c1-5(15)12-6-7(10)14(9(2,3)4)13-8(6)11/h1-4H3,(H,12,15). The molecule has 0 spiro atoms. The molecule has 0 fully saturated rings. The van der Waals surface area contributed by atoms with Crippen LogP contribution in [0.3, 0.4) is 0 Å². The molecule has 0 saturated heterocycles. The van der Waals surface area contributed by atoms with E-state index in [1.165, 1.54) is 11.6 Å². The van der Waals surface area contributed by atoms with Gasteiger partial charge >= 0.3 is 0 Å². The van der Waals surface area contributed by atoms with E-state index in [1.807, 2.05) is 43.4 Å². The topological polar surface area (TPSA) is 46.9 Å². The van der Waals surface area contributed by atoms with Crippen LogP contribution >= 0.6 is 22.6 Å². The number of anilines is 1. The van der Waals surface area contributed by atoms with Gasteiger partial charge < -0.3 is 5.32 Å². The Bertz CT molecular complexity index is 395. The molecule has 84 valence electrons. The molecule has 1 aromatic rings. The fourth-order valence-corrected chi connectivity index (χ4v) is 1.67. The molecule has 0 bridgehead atoms. The first kappa shape index (κ1) is 12.4. The lowest BCUT2D eigenvalue weighted by molar-refractivity contribution is -0.114. The smallest absolute Gasteiger partial charge is 0.237 e. The van der Waals surface area contributed by atoms with Crippen LogP contribution in [0.15, 0.2) is 0 Å². The number of halogens is 2. The van der Waals surface area contributed by atoms with Crippen LogP contribution in [0, 0.1) is 9.65 Å². The predicted octanol–water partition coefficient (Wildman–Crippen LogP) is 2.34. The zero-order valence-electron chi connectivity index (χ0n) is 9.06. The van der Waals surface area contributed by atoms with Crippen LogP contribution in [-0.2, 0) is 10.3 Å². The molecule has 0 saturated carbocycles. The summed E-state index contributed by atoms with van der Waals surface area (Å²) in [4.78, 5) is 10.9. The third-order valence-electron chi connectivity index (χ3n) is 1.72. The minimum absolute atomic E-state index is 0.151. The second kappa shape index (κ2) is 4.07. The number of nitrogens with zero attached hydrogens (tertiary/aromatic N) is 2. The summed E-state index contributed by atoms with van der Waals surface area (Å²) in [6, 6.07) is 0. The first-order valence-corrected chi connectivity index (χ1v) is 5.53. The average Bonchev–Trinajstić information content (AvgIpc) is 2.30. The molecule has 0 aliphatic carbocycles. The van der Waals surface area contributed by atoms with Crippen molar-refractivity contribution >= 4 is 34.2 Å². The number of hydrogen-bond acceptors (Lipinski definition) is 2. The van der Waals surface area contributed by atoms with Crippen molar-refractivity contribution in [1.29, 1.82) is 0 Å². The van der Waals surface area contributed by atoms with Gasteiger partial charge in [0.05, 0.1) is 5.54 Å². The van der Waals surface area contributed by atoms with E-state index < -0.39 is 11.5 Å². The van der Waals surface area contributed by atoms with Crippen LogP contribution in [-0.4, -0.2) is 15.7 Å². The lowest BCUT2D eigenvalue weighted by atomic mass is 10.1. The van der Waals surface area contributed by atoms with Gasteiger partial charge in [-0.1, -0.05) is 0 Å². The molecule has 1 aromatic heterocycles. The Labute approximate surface area is 101 Å². The van der Waals surface area contributed by atoms with Gasteiger partial charge in [-0.05, 0) is 43.4 Å². The van der Waals surface area contributed by atoms with Gasteiger partial charge in [-0.15, -0.1) is 0 Å². The van der Waals surface area contributed by atoms with Gasteiger partial charge in [0, 0.05) is 6.92 Å². The molecular weight excluding hydrogens is 312 g/mol. The summed E-state index contributed by atoms with van der Waals surface area (Å²) >= 11 is 1.89. The van der Waals surface area contributed by atoms with Crippen LogP contribution < -0.4 is 5.32 Å². The molecule has 0 atom stereocenters. The van der Waals surface area contributed by atoms with Gasteiger partial charge in [-0.3, -0.25) is 4.79 Å². The molecule has 1 rings (SSSR count). The first-order chi connectivity index (χ1) is 6.73. The molecule has 0 aromatic carbocycles. The van der Waals surface area contributed by atoms with Gasteiger partial charge in [0.1, 0.15) is 9.39 Å². The summed E-state index contributed by atoms with van der Waals surface area (Å²) < 4.78 is 15.5. The Morgan fingerprint density at radius 2 is 2.07 bits per heavy atom. The second-order valence-electron chi connectivity index (χ2n) is 4.22. The van der Waals surface area contributed by atoms with Crippen molar-refractivity contribution in [3.8, 4) is 0 Å². The average molecular weight is 325 g/mol. The first-order valence-electron chi connectivity index (χ1n) is 4.45. The molecular formula is C9H13FIN3O. The van der Waals surface area contributed by atoms with Crippen molar-refractivity contribution < 1.29 is 9.18 Å². The maximum absolute atomic E-state index is 13.8. The lowest BCUT2D eigenvalue weighted by Crippen LogP contribution is -2.25. The summed E-state index contributed by atoms with van der Waals surface area (Å²) in [5, 5.41) is 6.48. The van der Waals surface area contributed by atoms with E-state index in [4.69, 9.17) is 0 Å². The lowest BCUT2D eigenvalue weighted by Gasteiger charge is -2.19. The van der Waals surface area contributed by atoms with Crippen LogP contribution in [0.1, 0.15) is 27.7 Å². The molecule has 15 heavy (non-hydrogen) atoms. The number of amides is 1. The minimum Gasteiger partial charge on any atom is -0.320 e.